The molecule has 3 N–H and O–H groups in total. The first kappa shape index (κ1) is 23.9. The second kappa shape index (κ2) is 10.8. The third-order valence-corrected chi connectivity index (χ3v) is 6.64. The van der Waals surface area contributed by atoms with Crippen molar-refractivity contribution in [2.45, 2.75) is 63.5 Å². The van der Waals surface area contributed by atoms with Gasteiger partial charge >= 0.3 is 6.03 Å². The Labute approximate surface area is 201 Å². The van der Waals surface area contributed by atoms with E-state index < -0.39 is 0 Å². The normalized spacial score (nSPS) is 19.5. The number of nitrogens with one attached hydrogen (secondary N) is 3. The average Bonchev–Trinajstić information content (AvgIpc) is 2.84. The first-order valence-electron chi connectivity index (χ1n) is 12.1. The number of ether oxygens (including phenoxy) is 2. The molecule has 34 heavy (non-hydrogen) atoms. The lowest BCUT2D eigenvalue weighted by Crippen LogP contribution is -2.42. The maximum absolute atomic E-state index is 12.6. The number of amides is 2. The van der Waals surface area contributed by atoms with Gasteiger partial charge in [0.2, 0.25) is 5.95 Å². The molecule has 1 heterocycles. The lowest BCUT2D eigenvalue weighted by atomic mass is 9.91. The Hall–Kier alpha value is -3.23. The van der Waals surface area contributed by atoms with E-state index >= 15 is 0 Å². The van der Waals surface area contributed by atoms with Crippen LogP contribution in [0.5, 0.6) is 11.5 Å². The number of carbonyl (C=O) groups is 1. The molecule has 0 bridgehead atoms. The van der Waals surface area contributed by atoms with E-state index in [-0.39, 0.29) is 12.1 Å². The van der Waals surface area contributed by atoms with Crippen molar-refractivity contribution in [3.63, 3.8) is 0 Å². The van der Waals surface area contributed by atoms with Gasteiger partial charge in [-0.1, -0.05) is 0 Å². The van der Waals surface area contributed by atoms with Gasteiger partial charge < -0.3 is 30.3 Å². The molecule has 2 amide bonds. The van der Waals surface area contributed by atoms with Crippen LogP contribution in [0.4, 0.5) is 22.2 Å². The third-order valence-electron chi connectivity index (χ3n) is 6.64. The average molecular weight is 469 g/mol. The summed E-state index contributed by atoms with van der Waals surface area (Å²) >= 11 is 0. The van der Waals surface area contributed by atoms with Crippen molar-refractivity contribution in [1.29, 1.82) is 0 Å². The van der Waals surface area contributed by atoms with Crippen LogP contribution in [0.1, 0.15) is 49.8 Å². The molecule has 9 heteroatoms. The molecule has 0 unspecified atom stereocenters. The van der Waals surface area contributed by atoms with Gasteiger partial charge in [-0.05, 0) is 63.5 Å². The number of urea groups is 1. The molecule has 0 aliphatic heterocycles. The molecule has 184 valence electrons. The Bertz CT molecular complexity index is 1000. The summed E-state index contributed by atoms with van der Waals surface area (Å²) in [6.07, 6.45) is 8.17. The van der Waals surface area contributed by atoms with Gasteiger partial charge in [0.05, 0.1) is 25.6 Å². The Morgan fingerprint density at radius 2 is 1.74 bits per heavy atom. The molecule has 2 aromatic rings. The molecule has 1 aromatic heterocycles. The fourth-order valence-corrected chi connectivity index (χ4v) is 4.83. The first-order chi connectivity index (χ1) is 16.5. The Balaban J connectivity index is 1.31. The summed E-state index contributed by atoms with van der Waals surface area (Å²) in [6.45, 7) is 0. The molecule has 0 spiro atoms. The second-order valence-corrected chi connectivity index (χ2v) is 9.26. The molecule has 0 radical (unpaired) electrons. The maximum atomic E-state index is 12.6. The summed E-state index contributed by atoms with van der Waals surface area (Å²) in [5.74, 6) is 3.01. The summed E-state index contributed by atoms with van der Waals surface area (Å²) < 4.78 is 10.6. The van der Waals surface area contributed by atoms with E-state index in [1.165, 1.54) is 24.1 Å². The second-order valence-electron chi connectivity index (χ2n) is 9.26. The van der Waals surface area contributed by atoms with Gasteiger partial charge in [0.15, 0.2) is 0 Å². The van der Waals surface area contributed by atoms with Crippen molar-refractivity contribution in [2.75, 3.05) is 43.8 Å². The van der Waals surface area contributed by atoms with Gasteiger partial charge in [-0.3, -0.25) is 0 Å². The van der Waals surface area contributed by atoms with Gasteiger partial charge in [0.1, 0.15) is 17.3 Å². The van der Waals surface area contributed by atoms with Crippen LogP contribution in [-0.2, 0) is 12.8 Å². The molecule has 2 aliphatic rings. The molecular formula is C25H36N6O3. The number of benzene rings is 1. The highest BCUT2D eigenvalue weighted by molar-refractivity contribution is 5.91. The quantitative estimate of drug-likeness (QED) is 0.565. The standard InChI is InChI=1S/C25H36N6O3/c1-31(2)23-19-7-5-6-8-20(19)28-24(30-23)26-16-9-11-17(12-10-16)27-25(32)29-21-15-18(33-3)13-14-22(21)34-4/h13-17H,5-12H2,1-4H3,(H,26,28,30)(H2,27,29,32). The number of hydrogen-bond acceptors (Lipinski definition) is 7. The topological polar surface area (TPSA) is 101 Å². The summed E-state index contributed by atoms with van der Waals surface area (Å²) in [4.78, 5) is 24.4. The predicted molar refractivity (Wildman–Crippen MR) is 134 cm³/mol. The fourth-order valence-electron chi connectivity index (χ4n) is 4.83. The number of rotatable bonds is 7. The molecule has 1 aromatic carbocycles. The molecule has 4 rings (SSSR count). The van der Waals surface area contributed by atoms with E-state index in [1.54, 1.807) is 32.4 Å². The number of anilines is 3. The van der Waals surface area contributed by atoms with Crippen LogP contribution < -0.4 is 30.3 Å². The van der Waals surface area contributed by atoms with Crippen LogP contribution in [0.3, 0.4) is 0 Å². The molecule has 0 atom stereocenters. The summed E-state index contributed by atoms with van der Waals surface area (Å²) in [6, 6.07) is 5.50. The van der Waals surface area contributed by atoms with E-state index in [0.29, 0.717) is 23.2 Å². The number of hydrogen-bond donors (Lipinski definition) is 3. The summed E-state index contributed by atoms with van der Waals surface area (Å²) in [7, 11) is 7.26. The minimum Gasteiger partial charge on any atom is -0.497 e. The van der Waals surface area contributed by atoms with Crippen molar-refractivity contribution in [1.82, 2.24) is 15.3 Å². The Kier molecular flexibility index (Phi) is 7.59. The number of nitrogens with zero attached hydrogens (tertiary/aromatic N) is 3. The van der Waals surface area contributed by atoms with Crippen LogP contribution in [0.25, 0.3) is 0 Å². The SMILES string of the molecule is COc1ccc(OC)c(NC(=O)NC2CCC(Nc3nc4c(c(N(C)C)n3)CCCC4)CC2)c1. The fraction of sp³-hybridized carbons (Fsp3) is 0.560. The van der Waals surface area contributed by atoms with E-state index in [1.807, 2.05) is 14.1 Å². The zero-order chi connectivity index (χ0) is 24.1. The molecule has 9 nitrogen and oxygen atoms in total. The highest BCUT2D eigenvalue weighted by Gasteiger charge is 2.25. The number of aryl methyl sites for hydroxylation is 1. The van der Waals surface area contributed by atoms with Crippen molar-refractivity contribution in [3.05, 3.63) is 29.5 Å². The van der Waals surface area contributed by atoms with Crippen molar-refractivity contribution < 1.29 is 14.3 Å². The monoisotopic (exact) mass is 468 g/mol. The minimum absolute atomic E-state index is 0.122. The predicted octanol–water partition coefficient (Wildman–Crippen LogP) is 3.98. The van der Waals surface area contributed by atoms with Crippen LogP contribution in [0.15, 0.2) is 18.2 Å². The van der Waals surface area contributed by atoms with Crippen LogP contribution >= 0.6 is 0 Å². The van der Waals surface area contributed by atoms with Gasteiger partial charge in [-0.2, -0.15) is 4.98 Å². The molecule has 1 saturated carbocycles. The van der Waals surface area contributed by atoms with E-state index in [4.69, 9.17) is 19.4 Å². The van der Waals surface area contributed by atoms with E-state index in [0.717, 1.165) is 50.3 Å². The maximum Gasteiger partial charge on any atom is 0.319 e. The Morgan fingerprint density at radius 1 is 1.00 bits per heavy atom. The highest BCUT2D eigenvalue weighted by Crippen LogP contribution is 2.30. The zero-order valence-electron chi connectivity index (χ0n) is 20.6. The number of carbonyl (C=O) groups excluding carboxylic acids is 1. The lowest BCUT2D eigenvalue weighted by molar-refractivity contribution is 0.243. The largest absolute Gasteiger partial charge is 0.497 e. The third kappa shape index (κ3) is 5.63. The molecular weight excluding hydrogens is 432 g/mol. The number of fused-ring (bicyclic) bond motifs is 1. The van der Waals surface area contributed by atoms with Crippen LogP contribution in [0, 0.1) is 0 Å². The molecule has 2 aliphatic carbocycles. The van der Waals surface area contributed by atoms with Crippen molar-refractivity contribution >= 4 is 23.5 Å². The lowest BCUT2D eigenvalue weighted by Gasteiger charge is -2.30. The molecule has 0 saturated heterocycles. The van der Waals surface area contributed by atoms with E-state index in [9.17, 15) is 4.79 Å². The van der Waals surface area contributed by atoms with E-state index in [2.05, 4.69) is 20.9 Å². The van der Waals surface area contributed by atoms with Crippen LogP contribution in [0.2, 0.25) is 0 Å². The highest BCUT2D eigenvalue weighted by atomic mass is 16.5. The van der Waals surface area contributed by atoms with Gasteiger partial charge in [-0.25, -0.2) is 9.78 Å². The molecule has 1 fully saturated rings. The first-order valence-corrected chi connectivity index (χ1v) is 12.1. The smallest absolute Gasteiger partial charge is 0.319 e. The zero-order valence-corrected chi connectivity index (χ0v) is 20.6. The number of methoxy groups -OCH3 is 2. The summed E-state index contributed by atoms with van der Waals surface area (Å²) in [5.41, 5.74) is 3.07. The summed E-state index contributed by atoms with van der Waals surface area (Å²) in [5, 5.41) is 9.54. The van der Waals surface area contributed by atoms with Gasteiger partial charge in [0.25, 0.3) is 0 Å². The van der Waals surface area contributed by atoms with Gasteiger partial charge in [-0.15, -0.1) is 0 Å². The minimum atomic E-state index is -0.239. The van der Waals surface area contributed by atoms with Crippen LogP contribution in [-0.4, -0.2) is 56.4 Å². The van der Waals surface area contributed by atoms with Crippen molar-refractivity contribution in [2.24, 2.45) is 0 Å². The number of aromatic nitrogens is 2. The Morgan fingerprint density at radius 3 is 2.44 bits per heavy atom. The van der Waals surface area contributed by atoms with Gasteiger partial charge in [0, 0.05) is 37.8 Å². The van der Waals surface area contributed by atoms with Crippen molar-refractivity contribution in [3.8, 4) is 11.5 Å².